The summed E-state index contributed by atoms with van der Waals surface area (Å²) in [7, 11) is 0. The first-order valence-electron chi connectivity index (χ1n) is 7.52. The SMILES string of the molecule is CC(C)N(CC1CC1)C(=O)c1cnc(N)c2ccccc12. The second kappa shape index (κ2) is 5.35. The van der Waals surface area contributed by atoms with Gasteiger partial charge in [-0.25, -0.2) is 4.98 Å². The molecule has 21 heavy (non-hydrogen) atoms. The number of amides is 1. The fourth-order valence-corrected chi connectivity index (χ4v) is 2.65. The zero-order valence-electron chi connectivity index (χ0n) is 12.5. The van der Waals surface area contributed by atoms with Gasteiger partial charge in [0, 0.05) is 24.2 Å². The van der Waals surface area contributed by atoms with Crippen LogP contribution in [0, 0.1) is 5.92 Å². The standard InChI is InChI=1S/C17H21N3O/c1-11(2)20(10-12-7-8-12)17(21)15-9-19-16(18)14-6-4-3-5-13(14)15/h3-6,9,11-12H,7-8,10H2,1-2H3,(H2,18,19). The van der Waals surface area contributed by atoms with Crippen molar-refractivity contribution in [3.05, 3.63) is 36.0 Å². The Bertz CT molecular complexity index is 677. The fraction of sp³-hybridized carbons (Fsp3) is 0.412. The Balaban J connectivity index is 2.02. The molecule has 1 heterocycles. The Morgan fingerprint density at radius 2 is 2.00 bits per heavy atom. The summed E-state index contributed by atoms with van der Waals surface area (Å²) in [6.07, 6.45) is 4.08. The first-order valence-corrected chi connectivity index (χ1v) is 7.52. The van der Waals surface area contributed by atoms with E-state index in [0.717, 1.165) is 17.3 Å². The maximum absolute atomic E-state index is 12.9. The summed E-state index contributed by atoms with van der Waals surface area (Å²) < 4.78 is 0. The van der Waals surface area contributed by atoms with Crippen molar-refractivity contribution < 1.29 is 4.79 Å². The van der Waals surface area contributed by atoms with E-state index in [4.69, 9.17) is 5.73 Å². The van der Waals surface area contributed by atoms with Crippen molar-refractivity contribution >= 4 is 22.5 Å². The van der Waals surface area contributed by atoms with Crippen LogP contribution in [0.3, 0.4) is 0 Å². The maximum atomic E-state index is 12.9. The van der Waals surface area contributed by atoms with Gasteiger partial charge < -0.3 is 10.6 Å². The molecule has 0 radical (unpaired) electrons. The zero-order valence-corrected chi connectivity index (χ0v) is 12.5. The number of benzene rings is 1. The Morgan fingerprint density at radius 1 is 1.33 bits per heavy atom. The molecule has 1 amide bonds. The average Bonchev–Trinajstić information content (AvgIpc) is 3.28. The molecule has 2 N–H and O–H groups in total. The summed E-state index contributed by atoms with van der Waals surface area (Å²) in [5, 5.41) is 1.73. The third-order valence-electron chi connectivity index (χ3n) is 4.09. The normalized spacial score (nSPS) is 14.6. The van der Waals surface area contributed by atoms with Crippen molar-refractivity contribution in [2.24, 2.45) is 5.92 Å². The van der Waals surface area contributed by atoms with Gasteiger partial charge >= 0.3 is 0 Å². The molecule has 1 saturated carbocycles. The molecule has 1 aromatic heterocycles. The minimum atomic E-state index is 0.0561. The lowest BCUT2D eigenvalue weighted by atomic mass is 10.1. The second-order valence-electron chi connectivity index (χ2n) is 6.10. The first kappa shape index (κ1) is 13.9. The number of rotatable bonds is 4. The van der Waals surface area contributed by atoms with Crippen molar-refractivity contribution in [1.82, 2.24) is 9.88 Å². The average molecular weight is 283 g/mol. The van der Waals surface area contributed by atoms with Crippen LogP contribution < -0.4 is 5.73 Å². The van der Waals surface area contributed by atoms with E-state index >= 15 is 0 Å². The number of aromatic nitrogens is 1. The number of pyridine rings is 1. The fourth-order valence-electron chi connectivity index (χ4n) is 2.65. The summed E-state index contributed by atoms with van der Waals surface area (Å²) in [5.74, 6) is 1.20. The summed E-state index contributed by atoms with van der Waals surface area (Å²) in [6.45, 7) is 4.97. The Morgan fingerprint density at radius 3 is 2.62 bits per heavy atom. The molecular formula is C17H21N3O. The van der Waals surface area contributed by atoms with Crippen LogP contribution in [0.5, 0.6) is 0 Å². The number of nitrogen functional groups attached to an aromatic ring is 1. The van der Waals surface area contributed by atoms with Crippen LogP contribution in [0.4, 0.5) is 5.82 Å². The predicted molar refractivity (Wildman–Crippen MR) is 85.1 cm³/mol. The molecule has 1 aromatic carbocycles. The Kier molecular flexibility index (Phi) is 3.53. The van der Waals surface area contributed by atoms with Crippen molar-refractivity contribution in [1.29, 1.82) is 0 Å². The van der Waals surface area contributed by atoms with E-state index in [-0.39, 0.29) is 11.9 Å². The lowest BCUT2D eigenvalue weighted by Crippen LogP contribution is -2.38. The van der Waals surface area contributed by atoms with E-state index < -0.39 is 0 Å². The third-order valence-corrected chi connectivity index (χ3v) is 4.09. The van der Waals surface area contributed by atoms with Gasteiger partial charge in [0.25, 0.3) is 5.91 Å². The summed E-state index contributed by atoms with van der Waals surface area (Å²) in [5.41, 5.74) is 6.56. The van der Waals surface area contributed by atoms with E-state index in [9.17, 15) is 4.79 Å². The van der Waals surface area contributed by atoms with Gasteiger partial charge in [0.15, 0.2) is 0 Å². The van der Waals surface area contributed by atoms with Crippen LogP contribution in [-0.4, -0.2) is 28.4 Å². The van der Waals surface area contributed by atoms with Gasteiger partial charge in [-0.3, -0.25) is 4.79 Å². The molecule has 1 aliphatic carbocycles. The van der Waals surface area contributed by atoms with Crippen molar-refractivity contribution in [2.45, 2.75) is 32.7 Å². The first-order chi connectivity index (χ1) is 10.1. The molecule has 0 aliphatic heterocycles. The van der Waals surface area contributed by atoms with Crippen LogP contribution in [0.1, 0.15) is 37.0 Å². The van der Waals surface area contributed by atoms with Crippen LogP contribution in [0.15, 0.2) is 30.5 Å². The number of hydrogen-bond donors (Lipinski definition) is 1. The molecule has 0 spiro atoms. The van der Waals surface area contributed by atoms with Gasteiger partial charge in [-0.2, -0.15) is 0 Å². The third kappa shape index (κ3) is 2.71. The molecule has 1 fully saturated rings. The van der Waals surface area contributed by atoms with E-state index in [1.807, 2.05) is 29.2 Å². The van der Waals surface area contributed by atoms with Crippen molar-refractivity contribution in [3.8, 4) is 0 Å². The molecule has 110 valence electrons. The number of fused-ring (bicyclic) bond motifs is 1. The van der Waals surface area contributed by atoms with Crippen molar-refractivity contribution in [3.63, 3.8) is 0 Å². The predicted octanol–water partition coefficient (Wildman–Crippen LogP) is 3.08. The molecular weight excluding hydrogens is 262 g/mol. The van der Waals surface area contributed by atoms with Crippen LogP contribution in [0.25, 0.3) is 10.8 Å². The highest BCUT2D eigenvalue weighted by Gasteiger charge is 2.29. The molecule has 4 nitrogen and oxygen atoms in total. The number of nitrogens with zero attached hydrogens (tertiary/aromatic N) is 2. The second-order valence-corrected chi connectivity index (χ2v) is 6.10. The monoisotopic (exact) mass is 283 g/mol. The van der Waals surface area contributed by atoms with Crippen LogP contribution in [-0.2, 0) is 0 Å². The topological polar surface area (TPSA) is 59.2 Å². The van der Waals surface area contributed by atoms with Crippen LogP contribution >= 0.6 is 0 Å². The highest BCUT2D eigenvalue weighted by atomic mass is 16.2. The number of anilines is 1. The molecule has 0 atom stereocenters. The molecule has 1 aliphatic rings. The van der Waals surface area contributed by atoms with E-state index in [1.165, 1.54) is 12.8 Å². The highest BCUT2D eigenvalue weighted by molar-refractivity contribution is 6.09. The molecule has 0 bridgehead atoms. The van der Waals surface area contributed by atoms with Gasteiger partial charge in [0.05, 0.1) is 5.56 Å². The summed E-state index contributed by atoms with van der Waals surface area (Å²) in [6, 6.07) is 7.89. The van der Waals surface area contributed by atoms with E-state index in [1.54, 1.807) is 6.20 Å². The maximum Gasteiger partial charge on any atom is 0.256 e. The zero-order chi connectivity index (χ0) is 15.0. The smallest absolute Gasteiger partial charge is 0.256 e. The van der Waals surface area contributed by atoms with Gasteiger partial charge in [-0.1, -0.05) is 24.3 Å². The summed E-state index contributed by atoms with van der Waals surface area (Å²) in [4.78, 5) is 19.1. The molecule has 4 heteroatoms. The molecule has 3 rings (SSSR count). The van der Waals surface area contributed by atoms with Crippen LogP contribution in [0.2, 0.25) is 0 Å². The molecule has 0 saturated heterocycles. The minimum absolute atomic E-state index is 0.0561. The van der Waals surface area contributed by atoms with E-state index in [2.05, 4.69) is 18.8 Å². The van der Waals surface area contributed by atoms with Gasteiger partial charge in [-0.05, 0) is 38.0 Å². The Hall–Kier alpha value is -2.10. The van der Waals surface area contributed by atoms with Gasteiger partial charge in [0.2, 0.25) is 0 Å². The van der Waals surface area contributed by atoms with Gasteiger partial charge in [0.1, 0.15) is 5.82 Å². The number of nitrogens with two attached hydrogens (primary N) is 1. The summed E-state index contributed by atoms with van der Waals surface area (Å²) >= 11 is 0. The minimum Gasteiger partial charge on any atom is -0.383 e. The van der Waals surface area contributed by atoms with Gasteiger partial charge in [-0.15, -0.1) is 0 Å². The number of carbonyl (C=O) groups is 1. The largest absolute Gasteiger partial charge is 0.383 e. The number of hydrogen-bond acceptors (Lipinski definition) is 3. The Labute approximate surface area is 125 Å². The molecule has 2 aromatic rings. The highest BCUT2D eigenvalue weighted by Crippen LogP contribution is 2.31. The van der Waals surface area contributed by atoms with Crippen molar-refractivity contribution in [2.75, 3.05) is 12.3 Å². The quantitative estimate of drug-likeness (QED) is 0.938. The number of carbonyl (C=O) groups excluding carboxylic acids is 1. The lowest BCUT2D eigenvalue weighted by molar-refractivity contribution is 0.0698. The van der Waals surface area contributed by atoms with E-state index in [0.29, 0.717) is 17.3 Å². The molecule has 0 unspecified atom stereocenters. The lowest BCUT2D eigenvalue weighted by Gasteiger charge is -2.27.